The Bertz CT molecular complexity index is 1780. The fourth-order valence-electron chi connectivity index (χ4n) is 8.77. The van der Waals surface area contributed by atoms with Gasteiger partial charge in [0.1, 0.15) is 5.69 Å². The number of amides is 2. The molecule has 0 radical (unpaired) electrons. The normalized spacial score (nSPS) is 25.7. The Morgan fingerprint density at radius 1 is 0.833 bits per heavy atom. The van der Waals surface area contributed by atoms with Gasteiger partial charge >= 0.3 is 0 Å². The van der Waals surface area contributed by atoms with Crippen molar-refractivity contribution in [2.24, 2.45) is 17.8 Å². The molecule has 2 amide bonds. The maximum Gasteiger partial charge on any atom is 0.294 e. The van der Waals surface area contributed by atoms with E-state index in [1.807, 2.05) is 24.3 Å². The van der Waals surface area contributed by atoms with Crippen LogP contribution in [0.2, 0.25) is 0 Å². The van der Waals surface area contributed by atoms with Crippen LogP contribution in [0.3, 0.4) is 0 Å². The minimum absolute atomic E-state index is 0.151. The number of imide groups is 1. The van der Waals surface area contributed by atoms with E-state index in [9.17, 15) is 19.7 Å². The number of halogens is 1. The number of nitro groups is 1. The molecule has 0 spiro atoms. The average molecular weight is 623 g/mol. The van der Waals surface area contributed by atoms with Crippen LogP contribution < -0.4 is 10.2 Å². The van der Waals surface area contributed by atoms with Crippen molar-refractivity contribution >= 4 is 61.3 Å². The van der Waals surface area contributed by atoms with Crippen molar-refractivity contribution < 1.29 is 14.5 Å². The summed E-state index contributed by atoms with van der Waals surface area (Å²) in [5, 5.41) is 16.3. The van der Waals surface area contributed by atoms with Gasteiger partial charge in [-0.15, -0.1) is 0 Å². The topological polar surface area (TPSA) is 92.5 Å². The van der Waals surface area contributed by atoms with Crippen molar-refractivity contribution in [3.63, 3.8) is 0 Å². The smallest absolute Gasteiger partial charge is 0.294 e. The Hall–Kier alpha value is -4.04. The zero-order valence-electron chi connectivity index (χ0n) is 22.8. The van der Waals surface area contributed by atoms with E-state index in [-0.39, 0.29) is 22.4 Å². The number of benzene rings is 4. The number of nitro benzene ring substituents is 1. The highest BCUT2D eigenvalue weighted by Crippen LogP contribution is 2.60. The summed E-state index contributed by atoms with van der Waals surface area (Å²) in [6.45, 7) is 0. The van der Waals surface area contributed by atoms with E-state index < -0.39 is 16.7 Å². The average Bonchev–Trinajstić information content (AvgIpc) is 2.97. The molecule has 5 aliphatic rings. The predicted molar refractivity (Wildman–Crippen MR) is 165 cm³/mol. The minimum atomic E-state index is -0.551. The molecule has 0 aromatic heterocycles. The van der Waals surface area contributed by atoms with Crippen LogP contribution in [0.25, 0.3) is 10.8 Å². The zero-order chi connectivity index (χ0) is 28.7. The Morgan fingerprint density at radius 2 is 1.45 bits per heavy atom. The lowest BCUT2D eigenvalue weighted by Crippen LogP contribution is -2.48. The molecule has 210 valence electrons. The van der Waals surface area contributed by atoms with Crippen LogP contribution in [0.1, 0.15) is 64.8 Å². The van der Waals surface area contributed by atoms with E-state index >= 15 is 0 Å². The second kappa shape index (κ2) is 9.23. The summed E-state index contributed by atoms with van der Waals surface area (Å²) in [5.41, 5.74) is 3.18. The number of anilines is 3. The molecule has 1 heterocycles. The SMILES string of the molecule is O=C1c2cccc3c(Nc4ccc(Br)cc4)c([N+](=O)[O-])cc(c23)C(=O)N1c1ccc(C23CC4CC(CC(C4)C2)C3)cc1. The van der Waals surface area contributed by atoms with Crippen LogP contribution >= 0.6 is 15.9 Å². The first-order chi connectivity index (χ1) is 20.3. The summed E-state index contributed by atoms with van der Waals surface area (Å²) in [6.07, 6.45) is 7.80. The molecule has 4 aromatic carbocycles. The summed E-state index contributed by atoms with van der Waals surface area (Å²) in [6, 6.07) is 21.7. The Kier molecular flexibility index (Phi) is 5.64. The van der Waals surface area contributed by atoms with Crippen molar-refractivity contribution in [2.45, 2.75) is 43.9 Å². The second-order valence-electron chi connectivity index (χ2n) is 12.6. The van der Waals surface area contributed by atoms with Crippen molar-refractivity contribution in [2.75, 3.05) is 10.2 Å². The van der Waals surface area contributed by atoms with Crippen molar-refractivity contribution in [1.29, 1.82) is 0 Å². The molecule has 0 unspecified atom stereocenters. The lowest BCUT2D eigenvalue weighted by atomic mass is 9.48. The van der Waals surface area contributed by atoms with Gasteiger partial charge < -0.3 is 5.32 Å². The van der Waals surface area contributed by atoms with Gasteiger partial charge in [-0.05, 0) is 110 Å². The van der Waals surface area contributed by atoms with E-state index in [0.29, 0.717) is 27.7 Å². The number of nitrogens with one attached hydrogen (secondary N) is 1. The van der Waals surface area contributed by atoms with Crippen LogP contribution in [0, 0.1) is 27.9 Å². The summed E-state index contributed by atoms with van der Waals surface area (Å²) in [4.78, 5) is 40.8. The van der Waals surface area contributed by atoms with Gasteiger partial charge in [0.25, 0.3) is 17.5 Å². The van der Waals surface area contributed by atoms with Crippen LogP contribution in [0.5, 0.6) is 0 Å². The highest BCUT2D eigenvalue weighted by Gasteiger charge is 2.51. The van der Waals surface area contributed by atoms with Crippen molar-refractivity contribution in [1.82, 2.24) is 0 Å². The third-order valence-corrected chi connectivity index (χ3v) is 10.6. The number of hydrogen-bond donors (Lipinski definition) is 1. The number of carbonyl (C=O) groups excluding carboxylic acids is 2. The first-order valence-corrected chi connectivity index (χ1v) is 15.3. The monoisotopic (exact) mass is 621 g/mol. The van der Waals surface area contributed by atoms with Crippen LogP contribution in [-0.4, -0.2) is 16.7 Å². The van der Waals surface area contributed by atoms with Gasteiger partial charge in [-0.1, -0.05) is 40.2 Å². The van der Waals surface area contributed by atoms with E-state index in [4.69, 9.17) is 0 Å². The number of carbonyl (C=O) groups is 2. The van der Waals surface area contributed by atoms with E-state index in [1.165, 1.54) is 55.1 Å². The van der Waals surface area contributed by atoms with Gasteiger partial charge in [-0.3, -0.25) is 19.7 Å². The van der Waals surface area contributed by atoms with E-state index in [1.54, 1.807) is 30.3 Å². The molecule has 4 aliphatic carbocycles. The number of nitrogens with zero attached hydrogens (tertiary/aromatic N) is 2. The summed E-state index contributed by atoms with van der Waals surface area (Å²) in [7, 11) is 0. The predicted octanol–water partition coefficient (Wildman–Crippen LogP) is 8.52. The molecular weight excluding hydrogens is 594 g/mol. The fraction of sp³-hybridized carbons (Fsp3) is 0.294. The highest BCUT2D eigenvalue weighted by molar-refractivity contribution is 9.10. The Balaban J connectivity index is 1.19. The fourth-order valence-corrected chi connectivity index (χ4v) is 9.03. The summed E-state index contributed by atoms with van der Waals surface area (Å²) in [5.74, 6) is 1.47. The van der Waals surface area contributed by atoms with Gasteiger partial charge in [-0.2, -0.15) is 0 Å². The van der Waals surface area contributed by atoms with Crippen LogP contribution in [-0.2, 0) is 5.41 Å². The van der Waals surface area contributed by atoms with Crippen LogP contribution in [0.15, 0.2) is 77.3 Å². The van der Waals surface area contributed by atoms with E-state index in [2.05, 4.69) is 33.4 Å². The number of rotatable bonds is 5. The molecule has 42 heavy (non-hydrogen) atoms. The van der Waals surface area contributed by atoms with Crippen LogP contribution in [0.4, 0.5) is 22.7 Å². The molecule has 0 saturated heterocycles. The van der Waals surface area contributed by atoms with Gasteiger partial charge in [0.15, 0.2) is 0 Å². The standard InChI is InChI=1S/C34H28BrN3O4/c35-23-6-8-24(9-7-23)36-31-26-2-1-3-27-30(26)28(15-29(31)38(41)42)33(40)37(32(27)39)25-10-4-22(5-11-25)34-16-19-12-20(17-34)14-21(13-19)18-34/h1-11,15,19-21,36H,12-14,16-18H2. The lowest BCUT2D eigenvalue weighted by molar-refractivity contribution is -0.383. The first kappa shape index (κ1) is 25.7. The van der Waals surface area contributed by atoms with Gasteiger partial charge in [0.05, 0.1) is 16.2 Å². The molecule has 4 aromatic rings. The molecule has 7 nitrogen and oxygen atoms in total. The molecule has 4 bridgehead atoms. The molecule has 9 rings (SSSR count). The number of hydrogen-bond acceptors (Lipinski definition) is 5. The highest BCUT2D eigenvalue weighted by atomic mass is 79.9. The molecule has 4 saturated carbocycles. The molecule has 8 heteroatoms. The Labute approximate surface area is 251 Å². The molecule has 4 fully saturated rings. The molecule has 0 atom stereocenters. The Morgan fingerprint density at radius 3 is 2.07 bits per heavy atom. The third-order valence-electron chi connectivity index (χ3n) is 10.1. The molecule has 1 N–H and O–H groups in total. The van der Waals surface area contributed by atoms with Gasteiger partial charge in [-0.25, -0.2) is 4.90 Å². The second-order valence-corrected chi connectivity index (χ2v) is 13.5. The molecular formula is C34H28BrN3O4. The third kappa shape index (κ3) is 3.84. The lowest BCUT2D eigenvalue weighted by Gasteiger charge is -2.57. The van der Waals surface area contributed by atoms with Gasteiger partial charge in [0.2, 0.25) is 0 Å². The zero-order valence-corrected chi connectivity index (χ0v) is 24.4. The molecule has 1 aliphatic heterocycles. The van der Waals surface area contributed by atoms with E-state index in [0.717, 1.165) is 22.2 Å². The summed E-state index contributed by atoms with van der Waals surface area (Å²) < 4.78 is 0.877. The minimum Gasteiger partial charge on any atom is -0.349 e. The first-order valence-electron chi connectivity index (χ1n) is 14.6. The maximum atomic E-state index is 14.0. The maximum absolute atomic E-state index is 14.0. The quantitative estimate of drug-likeness (QED) is 0.137. The van der Waals surface area contributed by atoms with Crippen molar-refractivity contribution in [3.05, 3.63) is 104 Å². The largest absolute Gasteiger partial charge is 0.349 e. The van der Waals surface area contributed by atoms with Crippen molar-refractivity contribution in [3.8, 4) is 0 Å². The summed E-state index contributed by atoms with van der Waals surface area (Å²) >= 11 is 3.41. The van der Waals surface area contributed by atoms with Gasteiger partial charge in [0, 0.05) is 32.6 Å².